The number of benzene rings is 1. The quantitative estimate of drug-likeness (QED) is 0.243. The van der Waals surface area contributed by atoms with E-state index in [1.165, 1.54) is 18.4 Å². The standard InChI is InChI=1S/C20H33N3O2.HI/c1-16(18-7-9-19(24-4)10-8-18)11-12-22-20(21-2)23(3)13-14-25-15-17-5-6-17;/h7-10,16-17H,5-6,11-15H2,1-4H3,(H,21,22);1H. The molecule has 0 radical (unpaired) electrons. The number of likely N-dealkylation sites (N-methyl/N-ethyl adjacent to an activating group) is 1. The second-order valence-corrected chi connectivity index (χ2v) is 6.88. The molecule has 148 valence electrons. The van der Waals surface area contributed by atoms with Crippen LogP contribution in [0, 0.1) is 5.92 Å². The van der Waals surface area contributed by atoms with Crippen LogP contribution in [0.1, 0.15) is 37.7 Å². The molecular formula is C20H34IN3O2. The molecule has 0 amide bonds. The van der Waals surface area contributed by atoms with E-state index in [4.69, 9.17) is 9.47 Å². The maximum atomic E-state index is 5.71. The number of methoxy groups -OCH3 is 1. The monoisotopic (exact) mass is 475 g/mol. The molecule has 1 fully saturated rings. The van der Waals surface area contributed by atoms with Gasteiger partial charge in [-0.2, -0.15) is 0 Å². The van der Waals surface area contributed by atoms with Crippen LogP contribution in [-0.4, -0.2) is 58.4 Å². The normalized spacial score (nSPS) is 15.2. The summed E-state index contributed by atoms with van der Waals surface area (Å²) in [6.45, 7) is 5.68. The van der Waals surface area contributed by atoms with E-state index in [1.54, 1.807) is 7.11 Å². The van der Waals surface area contributed by atoms with E-state index in [-0.39, 0.29) is 24.0 Å². The lowest BCUT2D eigenvalue weighted by Gasteiger charge is -2.23. The summed E-state index contributed by atoms with van der Waals surface area (Å²) in [6, 6.07) is 8.32. The molecule has 0 heterocycles. The summed E-state index contributed by atoms with van der Waals surface area (Å²) in [6.07, 6.45) is 3.73. The first-order valence-electron chi connectivity index (χ1n) is 9.27. The largest absolute Gasteiger partial charge is 0.497 e. The van der Waals surface area contributed by atoms with Crippen molar-refractivity contribution in [2.45, 2.75) is 32.1 Å². The number of aliphatic imine (C=N–C) groups is 1. The van der Waals surface area contributed by atoms with Crippen LogP contribution in [-0.2, 0) is 4.74 Å². The SMILES string of the molecule is CN=C(NCCC(C)c1ccc(OC)cc1)N(C)CCOCC1CC1.I. The predicted molar refractivity (Wildman–Crippen MR) is 119 cm³/mol. The first-order chi connectivity index (χ1) is 12.1. The molecule has 1 N–H and O–H groups in total. The second-order valence-electron chi connectivity index (χ2n) is 6.88. The van der Waals surface area contributed by atoms with Gasteiger partial charge in [0.2, 0.25) is 0 Å². The van der Waals surface area contributed by atoms with Crippen LogP contribution in [0.2, 0.25) is 0 Å². The topological polar surface area (TPSA) is 46.1 Å². The average molecular weight is 475 g/mol. The fraction of sp³-hybridized carbons (Fsp3) is 0.650. The van der Waals surface area contributed by atoms with Crippen molar-refractivity contribution in [2.75, 3.05) is 47.5 Å². The molecule has 1 aliphatic rings. The van der Waals surface area contributed by atoms with Gasteiger partial charge >= 0.3 is 0 Å². The molecule has 5 nitrogen and oxygen atoms in total. The van der Waals surface area contributed by atoms with Gasteiger partial charge in [-0.1, -0.05) is 19.1 Å². The summed E-state index contributed by atoms with van der Waals surface area (Å²) in [5.41, 5.74) is 1.33. The van der Waals surface area contributed by atoms with E-state index in [2.05, 4.69) is 41.3 Å². The highest BCUT2D eigenvalue weighted by atomic mass is 127. The van der Waals surface area contributed by atoms with Crippen molar-refractivity contribution in [2.24, 2.45) is 10.9 Å². The Morgan fingerprint density at radius 3 is 2.58 bits per heavy atom. The molecule has 0 aromatic heterocycles. The fourth-order valence-electron chi connectivity index (χ4n) is 2.73. The second kappa shape index (κ2) is 12.4. The molecule has 6 heteroatoms. The lowest BCUT2D eigenvalue weighted by Crippen LogP contribution is -2.41. The average Bonchev–Trinajstić information content (AvgIpc) is 3.46. The van der Waals surface area contributed by atoms with E-state index >= 15 is 0 Å². The molecular weight excluding hydrogens is 441 g/mol. The van der Waals surface area contributed by atoms with Crippen molar-refractivity contribution in [3.8, 4) is 5.75 Å². The van der Waals surface area contributed by atoms with Gasteiger partial charge in [-0.15, -0.1) is 24.0 Å². The zero-order valence-electron chi connectivity index (χ0n) is 16.5. The molecule has 1 saturated carbocycles. The highest BCUT2D eigenvalue weighted by Gasteiger charge is 2.21. The van der Waals surface area contributed by atoms with Crippen LogP contribution in [0.5, 0.6) is 5.75 Å². The minimum Gasteiger partial charge on any atom is -0.497 e. The molecule has 0 bridgehead atoms. The number of hydrogen-bond donors (Lipinski definition) is 1. The Balaban J connectivity index is 0.00000338. The summed E-state index contributed by atoms with van der Waals surface area (Å²) in [5, 5.41) is 3.45. The molecule has 2 rings (SSSR count). The summed E-state index contributed by atoms with van der Waals surface area (Å²) in [5.74, 6) is 3.14. The van der Waals surface area contributed by atoms with Gasteiger partial charge in [0.15, 0.2) is 5.96 Å². The Labute approximate surface area is 175 Å². The summed E-state index contributed by atoms with van der Waals surface area (Å²) < 4.78 is 10.9. The maximum absolute atomic E-state index is 5.71. The third-order valence-corrected chi connectivity index (χ3v) is 4.74. The number of rotatable bonds is 10. The highest BCUT2D eigenvalue weighted by molar-refractivity contribution is 14.0. The third kappa shape index (κ3) is 8.12. The van der Waals surface area contributed by atoms with Gasteiger partial charge in [0.25, 0.3) is 0 Å². The van der Waals surface area contributed by atoms with Crippen molar-refractivity contribution in [1.82, 2.24) is 10.2 Å². The zero-order chi connectivity index (χ0) is 18.1. The number of ether oxygens (including phenoxy) is 2. The van der Waals surface area contributed by atoms with Gasteiger partial charge in [0.05, 0.1) is 13.7 Å². The first-order valence-corrected chi connectivity index (χ1v) is 9.27. The van der Waals surface area contributed by atoms with Crippen LogP contribution in [0.15, 0.2) is 29.3 Å². The number of halogens is 1. The molecule has 0 aliphatic heterocycles. The van der Waals surface area contributed by atoms with Crippen molar-refractivity contribution in [3.63, 3.8) is 0 Å². The Kier molecular flexibility index (Phi) is 11.0. The van der Waals surface area contributed by atoms with Crippen LogP contribution < -0.4 is 10.1 Å². The number of nitrogens with one attached hydrogen (secondary N) is 1. The number of hydrogen-bond acceptors (Lipinski definition) is 3. The molecule has 1 aromatic carbocycles. The highest BCUT2D eigenvalue weighted by Crippen LogP contribution is 2.28. The minimum atomic E-state index is 0. The third-order valence-electron chi connectivity index (χ3n) is 4.74. The van der Waals surface area contributed by atoms with Crippen molar-refractivity contribution < 1.29 is 9.47 Å². The van der Waals surface area contributed by atoms with Crippen LogP contribution in [0.25, 0.3) is 0 Å². The molecule has 1 aromatic rings. The Morgan fingerprint density at radius 1 is 1.31 bits per heavy atom. The number of guanidine groups is 1. The molecule has 0 saturated heterocycles. The Morgan fingerprint density at radius 2 is 2.00 bits per heavy atom. The van der Waals surface area contributed by atoms with E-state index in [9.17, 15) is 0 Å². The minimum absolute atomic E-state index is 0. The van der Waals surface area contributed by atoms with Gasteiger partial charge in [0, 0.05) is 33.8 Å². The van der Waals surface area contributed by atoms with Gasteiger partial charge in [-0.05, 0) is 48.8 Å². The first kappa shape index (κ1) is 23.0. The van der Waals surface area contributed by atoms with E-state index in [1.807, 2.05) is 19.2 Å². The Hall–Kier alpha value is -1.02. The fourth-order valence-corrected chi connectivity index (χ4v) is 2.73. The van der Waals surface area contributed by atoms with Crippen LogP contribution in [0.4, 0.5) is 0 Å². The predicted octanol–water partition coefficient (Wildman–Crippen LogP) is 3.74. The van der Waals surface area contributed by atoms with E-state index in [0.717, 1.165) is 50.4 Å². The zero-order valence-corrected chi connectivity index (χ0v) is 18.9. The summed E-state index contributed by atoms with van der Waals surface area (Å²) in [7, 11) is 5.58. The lowest BCUT2D eigenvalue weighted by atomic mass is 9.98. The maximum Gasteiger partial charge on any atom is 0.193 e. The van der Waals surface area contributed by atoms with Crippen molar-refractivity contribution in [3.05, 3.63) is 29.8 Å². The van der Waals surface area contributed by atoms with Gasteiger partial charge in [-0.3, -0.25) is 4.99 Å². The van der Waals surface area contributed by atoms with Crippen LogP contribution >= 0.6 is 24.0 Å². The molecule has 26 heavy (non-hydrogen) atoms. The van der Waals surface area contributed by atoms with Crippen molar-refractivity contribution in [1.29, 1.82) is 0 Å². The molecule has 1 aliphatic carbocycles. The summed E-state index contributed by atoms with van der Waals surface area (Å²) >= 11 is 0. The van der Waals surface area contributed by atoms with Gasteiger partial charge in [0.1, 0.15) is 5.75 Å². The smallest absolute Gasteiger partial charge is 0.193 e. The van der Waals surface area contributed by atoms with E-state index in [0.29, 0.717) is 5.92 Å². The van der Waals surface area contributed by atoms with Gasteiger partial charge in [-0.25, -0.2) is 0 Å². The van der Waals surface area contributed by atoms with Crippen molar-refractivity contribution >= 4 is 29.9 Å². The molecule has 0 spiro atoms. The van der Waals surface area contributed by atoms with E-state index < -0.39 is 0 Å². The van der Waals surface area contributed by atoms with Crippen LogP contribution in [0.3, 0.4) is 0 Å². The number of nitrogens with zero attached hydrogens (tertiary/aromatic N) is 2. The molecule has 1 atom stereocenters. The molecule has 1 unspecified atom stereocenters. The lowest BCUT2D eigenvalue weighted by molar-refractivity contribution is 0.115. The summed E-state index contributed by atoms with van der Waals surface area (Å²) in [4.78, 5) is 6.50. The van der Waals surface area contributed by atoms with Gasteiger partial charge < -0.3 is 19.7 Å². The Bertz CT molecular complexity index is 532.